The van der Waals surface area contributed by atoms with Crippen LogP contribution in [0.5, 0.6) is 0 Å². The summed E-state index contributed by atoms with van der Waals surface area (Å²) in [5.41, 5.74) is 0. The first-order valence-corrected chi connectivity index (χ1v) is 16.9. The van der Waals surface area contributed by atoms with Crippen LogP contribution in [0.4, 0.5) is 0 Å². The molecular formula is C29H53O13P. The molecule has 0 radical (unpaired) electrons. The van der Waals surface area contributed by atoms with Crippen LogP contribution in [0.15, 0.2) is 12.7 Å². The molecule has 0 amide bonds. The molecule has 1 saturated carbocycles. The van der Waals surface area contributed by atoms with Gasteiger partial charge in [0.15, 0.2) is 6.10 Å². The van der Waals surface area contributed by atoms with Crippen molar-refractivity contribution >= 4 is 19.8 Å². The van der Waals surface area contributed by atoms with E-state index in [1.165, 1.54) is 44.9 Å². The predicted octanol–water partition coefficient (Wildman–Crippen LogP) is 2.82. The van der Waals surface area contributed by atoms with Gasteiger partial charge in [-0.2, -0.15) is 0 Å². The molecular weight excluding hydrogens is 587 g/mol. The molecule has 0 saturated heterocycles. The van der Waals surface area contributed by atoms with Gasteiger partial charge in [-0.1, -0.05) is 77.2 Å². The van der Waals surface area contributed by atoms with Crippen LogP contribution >= 0.6 is 7.82 Å². The minimum Gasteiger partial charge on any atom is -0.462 e. The van der Waals surface area contributed by atoms with E-state index in [1.54, 1.807) is 6.08 Å². The lowest BCUT2D eigenvalue weighted by Crippen LogP contribution is -2.64. The molecule has 0 heterocycles. The molecule has 13 nitrogen and oxygen atoms in total. The lowest BCUT2D eigenvalue weighted by molar-refractivity contribution is -0.220. The van der Waals surface area contributed by atoms with E-state index in [9.17, 15) is 44.6 Å². The molecule has 1 rings (SSSR count). The van der Waals surface area contributed by atoms with E-state index in [0.29, 0.717) is 19.3 Å². The van der Waals surface area contributed by atoms with Gasteiger partial charge in [0, 0.05) is 12.8 Å². The molecule has 14 heteroatoms. The molecule has 6 N–H and O–H groups in total. The highest BCUT2D eigenvalue weighted by Gasteiger charge is 2.51. The summed E-state index contributed by atoms with van der Waals surface area (Å²) in [6.07, 6.45) is 2.00. The van der Waals surface area contributed by atoms with E-state index < -0.39 is 75.7 Å². The SMILES string of the molecule is C=CCCCC(=O)O[C@H](COC(=O)CCCCCCCCCCCCC)COP(=O)(O)OC1[C@H](O)[C@H](O)C(O)[C@H](O)[C@H]1O. The van der Waals surface area contributed by atoms with Crippen molar-refractivity contribution in [2.75, 3.05) is 13.2 Å². The topological polar surface area (TPSA) is 210 Å². The quantitative estimate of drug-likeness (QED) is 0.0389. The maximum atomic E-state index is 12.5. The van der Waals surface area contributed by atoms with Crippen molar-refractivity contribution in [1.29, 1.82) is 0 Å². The van der Waals surface area contributed by atoms with Gasteiger partial charge in [0.1, 0.15) is 43.2 Å². The first-order chi connectivity index (χ1) is 20.4. The zero-order valence-corrected chi connectivity index (χ0v) is 26.2. The molecule has 1 fully saturated rings. The van der Waals surface area contributed by atoms with E-state index in [-0.39, 0.29) is 12.8 Å². The van der Waals surface area contributed by atoms with Gasteiger partial charge in [0.05, 0.1) is 6.61 Å². The number of hydrogen-bond donors (Lipinski definition) is 6. The van der Waals surface area contributed by atoms with Crippen molar-refractivity contribution in [2.24, 2.45) is 0 Å². The highest BCUT2D eigenvalue weighted by molar-refractivity contribution is 7.47. The number of phosphoric ester groups is 1. The Labute approximate surface area is 254 Å². The van der Waals surface area contributed by atoms with Crippen molar-refractivity contribution in [1.82, 2.24) is 0 Å². The molecule has 0 bridgehead atoms. The normalized spacial score (nSPS) is 25.9. The number of rotatable bonds is 24. The number of carbonyl (C=O) groups excluding carboxylic acids is 2. The summed E-state index contributed by atoms with van der Waals surface area (Å²) >= 11 is 0. The van der Waals surface area contributed by atoms with Gasteiger partial charge >= 0.3 is 19.8 Å². The van der Waals surface area contributed by atoms with Crippen LogP contribution in [0.1, 0.15) is 103 Å². The van der Waals surface area contributed by atoms with Crippen molar-refractivity contribution < 1.29 is 63.1 Å². The monoisotopic (exact) mass is 640 g/mol. The average Bonchev–Trinajstić information content (AvgIpc) is 2.97. The Hall–Kier alpha value is -1.41. The zero-order valence-electron chi connectivity index (χ0n) is 25.3. The number of esters is 2. The summed E-state index contributed by atoms with van der Waals surface area (Å²) in [5, 5.41) is 49.4. The third kappa shape index (κ3) is 16.5. The molecule has 0 aromatic carbocycles. The van der Waals surface area contributed by atoms with E-state index in [1.807, 2.05) is 0 Å². The van der Waals surface area contributed by atoms with Crippen molar-refractivity contribution in [3.63, 3.8) is 0 Å². The Morgan fingerprint density at radius 1 is 0.744 bits per heavy atom. The fourth-order valence-electron chi connectivity index (χ4n) is 4.63. The molecule has 0 aromatic rings. The second kappa shape index (κ2) is 22.2. The first kappa shape index (κ1) is 39.6. The average molecular weight is 641 g/mol. The zero-order chi connectivity index (χ0) is 32.3. The lowest BCUT2D eigenvalue weighted by atomic mass is 9.85. The maximum absolute atomic E-state index is 12.5. The molecule has 43 heavy (non-hydrogen) atoms. The maximum Gasteiger partial charge on any atom is 0.472 e. The first-order valence-electron chi connectivity index (χ1n) is 15.5. The van der Waals surface area contributed by atoms with Crippen LogP contribution in [0.2, 0.25) is 0 Å². The largest absolute Gasteiger partial charge is 0.472 e. The van der Waals surface area contributed by atoms with Gasteiger partial charge in [-0.25, -0.2) is 4.57 Å². The van der Waals surface area contributed by atoms with Crippen molar-refractivity contribution in [3.8, 4) is 0 Å². The molecule has 3 unspecified atom stereocenters. The Bertz CT molecular complexity index is 825. The lowest BCUT2D eigenvalue weighted by Gasteiger charge is -2.41. The molecule has 1 aliphatic carbocycles. The van der Waals surface area contributed by atoms with E-state index >= 15 is 0 Å². The minimum absolute atomic E-state index is 0.0149. The standard InChI is InChI=1S/C29H53O13P/c1-3-5-7-8-9-10-11-12-13-14-16-17-22(30)39-19-21(41-23(31)18-15-6-4-2)20-40-43(37,38)42-29-27(35)25(33)24(32)26(34)28(29)36/h4,21,24-29,32-36H,2-3,5-20H2,1H3,(H,37,38)/t21-,24?,25-,26+,27-,28-,29?/m1/s1. The van der Waals surface area contributed by atoms with Crippen LogP contribution in [-0.2, 0) is 32.7 Å². The highest BCUT2D eigenvalue weighted by atomic mass is 31.2. The Balaban J connectivity index is 2.53. The fourth-order valence-corrected chi connectivity index (χ4v) is 5.60. The van der Waals surface area contributed by atoms with E-state index in [0.717, 1.165) is 19.3 Å². The van der Waals surface area contributed by atoms with Crippen LogP contribution < -0.4 is 0 Å². The molecule has 0 spiro atoms. The second-order valence-electron chi connectivity index (χ2n) is 11.0. The Kier molecular flexibility index (Phi) is 20.4. The smallest absolute Gasteiger partial charge is 0.462 e. The summed E-state index contributed by atoms with van der Waals surface area (Å²) in [5.74, 6) is -1.19. The number of phosphoric acid groups is 1. The Morgan fingerprint density at radius 2 is 1.23 bits per heavy atom. The van der Waals surface area contributed by atoms with Crippen LogP contribution in [0.25, 0.3) is 0 Å². The predicted molar refractivity (Wildman–Crippen MR) is 157 cm³/mol. The summed E-state index contributed by atoms with van der Waals surface area (Å²) < 4.78 is 32.7. The molecule has 252 valence electrons. The summed E-state index contributed by atoms with van der Waals surface area (Å²) in [6.45, 7) is 4.57. The molecule has 0 aliphatic heterocycles. The van der Waals surface area contributed by atoms with Gasteiger partial charge in [0.2, 0.25) is 0 Å². The number of unbranched alkanes of at least 4 members (excludes halogenated alkanes) is 11. The number of ether oxygens (including phenoxy) is 2. The number of allylic oxidation sites excluding steroid dienone is 1. The van der Waals surface area contributed by atoms with Crippen molar-refractivity contribution in [3.05, 3.63) is 12.7 Å². The minimum atomic E-state index is -5.09. The summed E-state index contributed by atoms with van der Waals surface area (Å²) in [6, 6.07) is 0. The molecule has 8 atom stereocenters. The summed E-state index contributed by atoms with van der Waals surface area (Å²) in [7, 11) is -5.09. The second-order valence-corrected chi connectivity index (χ2v) is 12.5. The van der Waals surface area contributed by atoms with Crippen LogP contribution in [0.3, 0.4) is 0 Å². The van der Waals surface area contributed by atoms with Gasteiger partial charge in [-0.3, -0.25) is 18.6 Å². The van der Waals surface area contributed by atoms with Gasteiger partial charge in [0.25, 0.3) is 0 Å². The van der Waals surface area contributed by atoms with Gasteiger partial charge < -0.3 is 39.9 Å². The van der Waals surface area contributed by atoms with E-state index in [4.69, 9.17) is 18.5 Å². The van der Waals surface area contributed by atoms with E-state index in [2.05, 4.69) is 13.5 Å². The number of aliphatic hydroxyl groups is 5. The van der Waals surface area contributed by atoms with Crippen LogP contribution in [0, 0.1) is 0 Å². The molecule has 0 aromatic heterocycles. The summed E-state index contributed by atoms with van der Waals surface area (Å²) in [4.78, 5) is 34.6. The highest BCUT2D eigenvalue weighted by Crippen LogP contribution is 2.47. The third-order valence-corrected chi connectivity index (χ3v) is 8.24. The number of carbonyl (C=O) groups is 2. The van der Waals surface area contributed by atoms with Crippen molar-refractivity contribution in [2.45, 2.75) is 146 Å². The third-order valence-electron chi connectivity index (χ3n) is 7.25. The van der Waals surface area contributed by atoms with Gasteiger partial charge in [-0.15, -0.1) is 6.58 Å². The fraction of sp³-hybridized carbons (Fsp3) is 0.862. The van der Waals surface area contributed by atoms with Crippen LogP contribution in [-0.4, -0.2) is 98.3 Å². The number of aliphatic hydroxyl groups excluding tert-OH is 5. The van der Waals surface area contributed by atoms with Gasteiger partial charge in [-0.05, 0) is 19.3 Å². The Morgan fingerprint density at radius 3 is 1.77 bits per heavy atom. The molecule has 1 aliphatic rings. The number of hydrogen-bond acceptors (Lipinski definition) is 12.